The lowest BCUT2D eigenvalue weighted by atomic mass is 10.0. The topological polar surface area (TPSA) is 84.2 Å². The summed E-state index contributed by atoms with van der Waals surface area (Å²) in [5.74, 6) is -0.738. The highest BCUT2D eigenvalue weighted by Crippen LogP contribution is 2.15. The van der Waals surface area contributed by atoms with Gasteiger partial charge in [-0.15, -0.1) is 0 Å². The zero-order valence-corrected chi connectivity index (χ0v) is 15.7. The first-order valence-corrected chi connectivity index (χ1v) is 8.91. The average Bonchev–Trinajstić information content (AvgIpc) is 2.64. The number of nitrogens with one attached hydrogen (secondary N) is 2. The van der Waals surface area contributed by atoms with Gasteiger partial charge in [0, 0.05) is 12.6 Å². The van der Waals surface area contributed by atoms with Gasteiger partial charge in [0.2, 0.25) is 5.91 Å². The molecule has 4 N–H and O–H groups in total. The largest absolute Gasteiger partial charge is 0.352 e. The van der Waals surface area contributed by atoms with Gasteiger partial charge in [-0.05, 0) is 23.6 Å². The van der Waals surface area contributed by atoms with Crippen molar-refractivity contribution in [3.05, 3.63) is 70.7 Å². The fourth-order valence-electron chi connectivity index (χ4n) is 2.54. The van der Waals surface area contributed by atoms with Gasteiger partial charge in [0.1, 0.15) is 6.04 Å². The third-order valence-electron chi connectivity index (χ3n) is 4.08. The zero-order valence-electron chi connectivity index (χ0n) is 14.9. The molecule has 0 spiro atoms. The minimum Gasteiger partial charge on any atom is -0.352 e. The van der Waals surface area contributed by atoms with E-state index in [1.807, 2.05) is 44.2 Å². The standard InChI is InChI=1S/C20H24ClN3O2/c1-13(2)18(24-19(25)15-10-6-7-11-16(15)21)20(26)23-12-17(22)14-8-4-3-5-9-14/h3-11,13,17-18H,12,22H2,1-2H3,(H,23,26)(H,24,25). The molecule has 6 heteroatoms. The molecule has 0 fully saturated rings. The maximum Gasteiger partial charge on any atom is 0.253 e. The van der Waals surface area contributed by atoms with Crippen LogP contribution in [0.15, 0.2) is 54.6 Å². The highest BCUT2D eigenvalue weighted by Gasteiger charge is 2.25. The van der Waals surface area contributed by atoms with E-state index in [1.54, 1.807) is 24.3 Å². The van der Waals surface area contributed by atoms with Gasteiger partial charge in [-0.2, -0.15) is 0 Å². The molecule has 138 valence electrons. The number of halogens is 1. The van der Waals surface area contributed by atoms with Gasteiger partial charge >= 0.3 is 0 Å². The van der Waals surface area contributed by atoms with Gasteiger partial charge < -0.3 is 16.4 Å². The summed E-state index contributed by atoms with van der Waals surface area (Å²) >= 11 is 6.05. The van der Waals surface area contributed by atoms with Gasteiger partial charge in [0.25, 0.3) is 5.91 Å². The summed E-state index contributed by atoms with van der Waals surface area (Å²) in [7, 11) is 0. The summed E-state index contributed by atoms with van der Waals surface area (Å²) in [5.41, 5.74) is 7.39. The quantitative estimate of drug-likeness (QED) is 0.697. The van der Waals surface area contributed by atoms with Crippen LogP contribution in [-0.4, -0.2) is 24.4 Å². The van der Waals surface area contributed by atoms with E-state index in [4.69, 9.17) is 17.3 Å². The Morgan fingerprint density at radius 2 is 1.65 bits per heavy atom. The minimum absolute atomic E-state index is 0.0885. The molecular formula is C20H24ClN3O2. The maximum absolute atomic E-state index is 12.6. The average molecular weight is 374 g/mol. The van der Waals surface area contributed by atoms with E-state index >= 15 is 0 Å². The van der Waals surface area contributed by atoms with E-state index < -0.39 is 6.04 Å². The molecule has 0 saturated heterocycles. The minimum atomic E-state index is -0.679. The molecule has 2 unspecified atom stereocenters. The van der Waals surface area contributed by atoms with Crippen molar-refractivity contribution in [2.45, 2.75) is 25.9 Å². The molecule has 26 heavy (non-hydrogen) atoms. The van der Waals surface area contributed by atoms with Crippen LogP contribution in [-0.2, 0) is 4.79 Å². The molecule has 0 bridgehead atoms. The van der Waals surface area contributed by atoms with Gasteiger partial charge in [-0.25, -0.2) is 0 Å². The molecule has 0 aliphatic rings. The Hall–Kier alpha value is -2.37. The number of amides is 2. The number of rotatable bonds is 7. The lowest BCUT2D eigenvalue weighted by Gasteiger charge is -2.23. The third-order valence-corrected chi connectivity index (χ3v) is 4.41. The second-order valence-electron chi connectivity index (χ2n) is 6.44. The van der Waals surface area contributed by atoms with Crippen molar-refractivity contribution in [1.82, 2.24) is 10.6 Å². The first kappa shape index (κ1) is 19.9. The molecule has 2 amide bonds. The Morgan fingerprint density at radius 3 is 2.27 bits per heavy atom. The van der Waals surface area contributed by atoms with Gasteiger partial charge in [0.15, 0.2) is 0 Å². The van der Waals surface area contributed by atoms with Crippen molar-refractivity contribution >= 4 is 23.4 Å². The molecule has 0 saturated carbocycles. The summed E-state index contributed by atoms with van der Waals surface area (Å²) in [4.78, 5) is 25.0. The first-order chi connectivity index (χ1) is 12.4. The summed E-state index contributed by atoms with van der Waals surface area (Å²) < 4.78 is 0. The lowest BCUT2D eigenvalue weighted by Crippen LogP contribution is -2.50. The summed E-state index contributed by atoms with van der Waals surface area (Å²) in [6, 6.07) is 15.3. The molecule has 2 aromatic carbocycles. The van der Waals surface area contributed by atoms with E-state index in [2.05, 4.69) is 10.6 Å². The van der Waals surface area contributed by atoms with Crippen molar-refractivity contribution < 1.29 is 9.59 Å². The molecule has 2 aromatic rings. The third kappa shape index (κ3) is 5.31. The number of benzene rings is 2. The monoisotopic (exact) mass is 373 g/mol. The van der Waals surface area contributed by atoms with E-state index in [1.165, 1.54) is 0 Å². The van der Waals surface area contributed by atoms with Crippen LogP contribution < -0.4 is 16.4 Å². The van der Waals surface area contributed by atoms with Gasteiger partial charge in [-0.1, -0.05) is 67.9 Å². The Bertz CT molecular complexity index is 750. The molecule has 2 rings (SSSR count). The predicted octanol–water partition coefficient (Wildman–Crippen LogP) is 2.91. The smallest absolute Gasteiger partial charge is 0.253 e. The fraction of sp³-hybridized carbons (Fsp3) is 0.300. The number of carbonyl (C=O) groups is 2. The summed E-state index contributed by atoms with van der Waals surface area (Å²) in [6.07, 6.45) is 0. The number of hydrogen-bond acceptors (Lipinski definition) is 3. The number of hydrogen-bond donors (Lipinski definition) is 3. The van der Waals surface area contributed by atoms with Crippen LogP contribution in [0.2, 0.25) is 5.02 Å². The van der Waals surface area contributed by atoms with E-state index in [-0.39, 0.29) is 30.3 Å². The van der Waals surface area contributed by atoms with Crippen LogP contribution in [0, 0.1) is 5.92 Å². The molecule has 0 heterocycles. The molecule has 2 atom stereocenters. The molecule has 0 radical (unpaired) electrons. The molecule has 5 nitrogen and oxygen atoms in total. The van der Waals surface area contributed by atoms with E-state index in [0.29, 0.717) is 10.6 Å². The van der Waals surface area contributed by atoms with Crippen LogP contribution in [0.1, 0.15) is 35.8 Å². The van der Waals surface area contributed by atoms with E-state index in [0.717, 1.165) is 5.56 Å². The normalized spacial score (nSPS) is 13.1. The van der Waals surface area contributed by atoms with Crippen molar-refractivity contribution in [3.63, 3.8) is 0 Å². The Labute approximate surface area is 158 Å². The van der Waals surface area contributed by atoms with Crippen LogP contribution in [0.4, 0.5) is 0 Å². The Balaban J connectivity index is 1.99. The van der Waals surface area contributed by atoms with Crippen molar-refractivity contribution in [2.75, 3.05) is 6.54 Å². The van der Waals surface area contributed by atoms with Crippen molar-refractivity contribution in [3.8, 4) is 0 Å². The van der Waals surface area contributed by atoms with Crippen LogP contribution in [0.3, 0.4) is 0 Å². The van der Waals surface area contributed by atoms with Crippen molar-refractivity contribution in [2.24, 2.45) is 11.7 Å². The zero-order chi connectivity index (χ0) is 19.1. The Kier molecular flexibility index (Phi) is 7.18. The summed E-state index contributed by atoms with van der Waals surface area (Å²) in [5, 5.41) is 5.93. The SMILES string of the molecule is CC(C)C(NC(=O)c1ccccc1Cl)C(=O)NCC(N)c1ccccc1. The Morgan fingerprint density at radius 1 is 1.04 bits per heavy atom. The lowest BCUT2D eigenvalue weighted by molar-refractivity contribution is -0.124. The second-order valence-corrected chi connectivity index (χ2v) is 6.84. The highest BCUT2D eigenvalue weighted by atomic mass is 35.5. The highest BCUT2D eigenvalue weighted by molar-refractivity contribution is 6.33. The fourth-order valence-corrected chi connectivity index (χ4v) is 2.76. The first-order valence-electron chi connectivity index (χ1n) is 8.53. The number of carbonyl (C=O) groups excluding carboxylic acids is 2. The molecule has 0 aromatic heterocycles. The summed E-state index contributed by atoms with van der Waals surface area (Å²) in [6.45, 7) is 4.02. The second kappa shape index (κ2) is 9.36. The molecule has 0 aliphatic carbocycles. The van der Waals surface area contributed by atoms with Gasteiger partial charge in [-0.3, -0.25) is 9.59 Å². The number of nitrogens with two attached hydrogens (primary N) is 1. The van der Waals surface area contributed by atoms with Crippen LogP contribution in [0.5, 0.6) is 0 Å². The molecule has 0 aliphatic heterocycles. The maximum atomic E-state index is 12.6. The molecular weight excluding hydrogens is 350 g/mol. The predicted molar refractivity (Wildman–Crippen MR) is 104 cm³/mol. The van der Waals surface area contributed by atoms with E-state index in [9.17, 15) is 9.59 Å². The van der Waals surface area contributed by atoms with Crippen LogP contribution >= 0.6 is 11.6 Å². The van der Waals surface area contributed by atoms with Gasteiger partial charge in [0.05, 0.1) is 10.6 Å². The van der Waals surface area contributed by atoms with Crippen LogP contribution in [0.25, 0.3) is 0 Å². The van der Waals surface area contributed by atoms with Crippen molar-refractivity contribution in [1.29, 1.82) is 0 Å².